The highest BCUT2D eigenvalue weighted by Crippen LogP contribution is 2.30. The molecule has 1 saturated heterocycles. The van der Waals surface area contributed by atoms with E-state index in [0.29, 0.717) is 29.4 Å². The SMILES string of the molecule is COc1ccc(OC)c(NC(=O)[C@H]2CCCN(c3ccc4nncn4n3)C2)c1. The largest absolute Gasteiger partial charge is 0.497 e. The molecule has 9 nitrogen and oxygen atoms in total. The van der Waals surface area contributed by atoms with Crippen LogP contribution in [-0.4, -0.2) is 53.0 Å². The van der Waals surface area contributed by atoms with Gasteiger partial charge in [0.15, 0.2) is 5.65 Å². The van der Waals surface area contributed by atoms with E-state index >= 15 is 0 Å². The Kier molecular flexibility index (Phi) is 4.96. The quantitative estimate of drug-likeness (QED) is 0.721. The first-order valence-corrected chi connectivity index (χ1v) is 9.13. The number of amides is 1. The van der Waals surface area contributed by atoms with Crippen molar-refractivity contribution < 1.29 is 14.3 Å². The summed E-state index contributed by atoms with van der Waals surface area (Å²) in [6.45, 7) is 1.45. The highest BCUT2D eigenvalue weighted by atomic mass is 16.5. The van der Waals surface area contributed by atoms with Crippen LogP contribution >= 0.6 is 0 Å². The van der Waals surface area contributed by atoms with Crippen LogP contribution in [0, 0.1) is 5.92 Å². The summed E-state index contributed by atoms with van der Waals surface area (Å²) in [6, 6.07) is 9.12. The molecule has 1 aliphatic rings. The van der Waals surface area contributed by atoms with Crippen molar-refractivity contribution in [2.75, 3.05) is 37.5 Å². The van der Waals surface area contributed by atoms with Crippen molar-refractivity contribution in [1.82, 2.24) is 19.8 Å². The Bertz CT molecular complexity index is 989. The minimum absolute atomic E-state index is 0.0402. The Hall–Kier alpha value is -3.36. The summed E-state index contributed by atoms with van der Waals surface area (Å²) in [5, 5.41) is 15.3. The first kappa shape index (κ1) is 18.0. The normalized spacial score (nSPS) is 16.8. The number of nitrogens with zero attached hydrogens (tertiary/aromatic N) is 5. The second-order valence-electron chi connectivity index (χ2n) is 6.67. The molecule has 1 fully saturated rings. The predicted molar refractivity (Wildman–Crippen MR) is 104 cm³/mol. The van der Waals surface area contributed by atoms with Crippen LogP contribution in [0.3, 0.4) is 0 Å². The molecular formula is C19H22N6O3. The minimum Gasteiger partial charge on any atom is -0.497 e. The van der Waals surface area contributed by atoms with E-state index < -0.39 is 0 Å². The Labute approximate surface area is 162 Å². The van der Waals surface area contributed by atoms with Gasteiger partial charge in [0.2, 0.25) is 5.91 Å². The van der Waals surface area contributed by atoms with Gasteiger partial charge in [-0.25, -0.2) is 0 Å². The summed E-state index contributed by atoms with van der Waals surface area (Å²) in [7, 11) is 3.17. The average Bonchev–Trinajstić information content (AvgIpc) is 3.21. The number of carbonyl (C=O) groups excluding carboxylic acids is 1. The number of benzene rings is 1. The van der Waals surface area contributed by atoms with Gasteiger partial charge in [0.25, 0.3) is 0 Å². The fourth-order valence-electron chi connectivity index (χ4n) is 3.43. The molecule has 1 atom stereocenters. The summed E-state index contributed by atoms with van der Waals surface area (Å²) in [5.41, 5.74) is 1.30. The molecule has 0 spiro atoms. The number of carbonyl (C=O) groups is 1. The number of rotatable bonds is 5. The third-order valence-corrected chi connectivity index (χ3v) is 4.93. The molecule has 1 aromatic carbocycles. The Morgan fingerprint density at radius 3 is 2.93 bits per heavy atom. The summed E-state index contributed by atoms with van der Waals surface area (Å²) < 4.78 is 12.2. The first-order chi connectivity index (χ1) is 13.7. The lowest BCUT2D eigenvalue weighted by atomic mass is 9.97. The van der Waals surface area contributed by atoms with Crippen LogP contribution in [0.2, 0.25) is 0 Å². The summed E-state index contributed by atoms with van der Waals surface area (Å²) in [6.07, 6.45) is 3.31. The lowest BCUT2D eigenvalue weighted by molar-refractivity contribution is -0.120. The number of methoxy groups -OCH3 is 2. The van der Waals surface area contributed by atoms with Gasteiger partial charge in [-0.1, -0.05) is 0 Å². The molecular weight excluding hydrogens is 360 g/mol. The van der Waals surface area contributed by atoms with Crippen molar-refractivity contribution >= 4 is 23.1 Å². The molecule has 4 rings (SSSR count). The van der Waals surface area contributed by atoms with Crippen molar-refractivity contribution in [3.8, 4) is 11.5 Å². The monoisotopic (exact) mass is 382 g/mol. The number of nitrogens with one attached hydrogen (secondary N) is 1. The van der Waals surface area contributed by atoms with Crippen LogP contribution in [0.5, 0.6) is 11.5 Å². The number of ether oxygens (including phenoxy) is 2. The van der Waals surface area contributed by atoms with Crippen LogP contribution in [0.1, 0.15) is 12.8 Å². The standard InChI is InChI=1S/C19H22N6O3/c1-27-14-5-6-16(28-2)15(10-14)21-19(26)13-4-3-9-24(11-13)18-8-7-17-22-20-12-25(17)23-18/h5-8,10,12-13H,3-4,9,11H2,1-2H3,(H,21,26)/t13-/m0/s1. The minimum atomic E-state index is -0.150. The van der Waals surface area contributed by atoms with Gasteiger partial charge in [-0.2, -0.15) is 4.52 Å². The van der Waals surface area contributed by atoms with Crippen molar-refractivity contribution in [3.05, 3.63) is 36.7 Å². The molecule has 1 amide bonds. The summed E-state index contributed by atoms with van der Waals surface area (Å²) in [5.74, 6) is 1.88. The molecule has 0 saturated carbocycles. The lowest BCUT2D eigenvalue weighted by Crippen LogP contribution is -2.41. The zero-order valence-corrected chi connectivity index (χ0v) is 15.8. The number of anilines is 2. The van der Waals surface area contributed by atoms with E-state index in [1.807, 2.05) is 12.1 Å². The van der Waals surface area contributed by atoms with Crippen LogP contribution in [0.15, 0.2) is 36.7 Å². The molecule has 146 valence electrons. The molecule has 2 aromatic heterocycles. The van der Waals surface area contributed by atoms with Crippen LogP contribution in [0.25, 0.3) is 5.65 Å². The molecule has 0 bridgehead atoms. The Morgan fingerprint density at radius 2 is 2.11 bits per heavy atom. The van der Waals surface area contributed by atoms with Gasteiger partial charge >= 0.3 is 0 Å². The molecule has 9 heteroatoms. The zero-order valence-electron chi connectivity index (χ0n) is 15.8. The fourth-order valence-corrected chi connectivity index (χ4v) is 3.43. The number of hydrogen-bond acceptors (Lipinski definition) is 7. The highest BCUT2D eigenvalue weighted by molar-refractivity contribution is 5.94. The fraction of sp³-hybridized carbons (Fsp3) is 0.368. The van der Waals surface area contributed by atoms with Gasteiger partial charge < -0.3 is 19.7 Å². The molecule has 28 heavy (non-hydrogen) atoms. The van der Waals surface area contributed by atoms with E-state index in [0.717, 1.165) is 25.2 Å². The van der Waals surface area contributed by atoms with E-state index in [1.165, 1.54) is 0 Å². The van der Waals surface area contributed by atoms with Crippen molar-refractivity contribution in [3.63, 3.8) is 0 Å². The van der Waals surface area contributed by atoms with E-state index in [9.17, 15) is 4.79 Å². The molecule has 1 aliphatic heterocycles. The third kappa shape index (κ3) is 3.55. The molecule has 3 aromatic rings. The number of aromatic nitrogens is 4. The molecule has 0 aliphatic carbocycles. The van der Waals surface area contributed by atoms with Crippen LogP contribution in [0.4, 0.5) is 11.5 Å². The van der Waals surface area contributed by atoms with Crippen molar-refractivity contribution in [1.29, 1.82) is 0 Å². The summed E-state index contributed by atoms with van der Waals surface area (Å²) in [4.78, 5) is 15.0. The van der Waals surface area contributed by atoms with Gasteiger partial charge in [0.1, 0.15) is 23.6 Å². The molecule has 1 N–H and O–H groups in total. The van der Waals surface area contributed by atoms with Gasteiger partial charge in [-0.05, 0) is 37.1 Å². The Balaban J connectivity index is 1.49. The Morgan fingerprint density at radius 1 is 1.21 bits per heavy atom. The predicted octanol–water partition coefficient (Wildman–Crippen LogP) is 2.00. The van der Waals surface area contributed by atoms with E-state index in [4.69, 9.17) is 9.47 Å². The van der Waals surface area contributed by atoms with E-state index in [2.05, 4.69) is 25.5 Å². The van der Waals surface area contributed by atoms with Crippen molar-refractivity contribution in [2.24, 2.45) is 5.92 Å². The van der Waals surface area contributed by atoms with Gasteiger partial charge in [0.05, 0.1) is 25.8 Å². The van der Waals surface area contributed by atoms with Gasteiger partial charge in [0, 0.05) is 19.2 Å². The lowest BCUT2D eigenvalue weighted by Gasteiger charge is -2.32. The zero-order chi connectivity index (χ0) is 19.5. The maximum absolute atomic E-state index is 12.9. The molecule has 3 heterocycles. The first-order valence-electron chi connectivity index (χ1n) is 9.13. The number of hydrogen-bond donors (Lipinski definition) is 1. The number of piperidine rings is 1. The van der Waals surface area contributed by atoms with E-state index in [1.54, 1.807) is 43.3 Å². The number of fused-ring (bicyclic) bond motifs is 1. The maximum Gasteiger partial charge on any atom is 0.229 e. The van der Waals surface area contributed by atoms with Crippen LogP contribution < -0.4 is 19.7 Å². The van der Waals surface area contributed by atoms with Crippen LogP contribution in [-0.2, 0) is 4.79 Å². The average molecular weight is 382 g/mol. The molecule has 0 radical (unpaired) electrons. The third-order valence-electron chi connectivity index (χ3n) is 4.93. The van der Waals surface area contributed by atoms with Gasteiger partial charge in [-0.15, -0.1) is 15.3 Å². The van der Waals surface area contributed by atoms with Gasteiger partial charge in [-0.3, -0.25) is 4.79 Å². The van der Waals surface area contributed by atoms with Crippen molar-refractivity contribution in [2.45, 2.75) is 12.8 Å². The second kappa shape index (κ2) is 7.71. The topological polar surface area (TPSA) is 93.9 Å². The highest BCUT2D eigenvalue weighted by Gasteiger charge is 2.27. The molecule has 0 unspecified atom stereocenters. The maximum atomic E-state index is 12.9. The second-order valence-corrected chi connectivity index (χ2v) is 6.67. The smallest absolute Gasteiger partial charge is 0.229 e. The van der Waals surface area contributed by atoms with E-state index in [-0.39, 0.29) is 11.8 Å². The summed E-state index contributed by atoms with van der Waals surface area (Å²) >= 11 is 0.